The maximum atomic E-state index is 15.5. The maximum Gasteiger partial charge on any atom is 0.303 e. The first kappa shape index (κ1) is 25.9. The van der Waals surface area contributed by atoms with Crippen molar-refractivity contribution in [1.82, 2.24) is 9.88 Å². The first-order valence-electron chi connectivity index (χ1n) is 13.5. The van der Waals surface area contributed by atoms with Crippen molar-refractivity contribution in [1.29, 1.82) is 0 Å². The van der Waals surface area contributed by atoms with E-state index in [1.54, 1.807) is 19.4 Å². The average Bonchev–Trinajstić information content (AvgIpc) is 2.89. The number of carbonyl (C=O) groups is 1. The molecule has 2 fully saturated rings. The summed E-state index contributed by atoms with van der Waals surface area (Å²) in [6.07, 6.45) is 11.9. The molecule has 35 heavy (non-hydrogen) atoms. The van der Waals surface area contributed by atoms with Gasteiger partial charge in [-0.2, -0.15) is 0 Å². The molecule has 1 N–H and O–H groups in total. The third-order valence-electron chi connectivity index (χ3n) is 8.39. The molecule has 0 spiro atoms. The fourth-order valence-electron chi connectivity index (χ4n) is 6.28. The molecule has 1 saturated carbocycles. The summed E-state index contributed by atoms with van der Waals surface area (Å²) in [6, 6.07) is 7.36. The van der Waals surface area contributed by atoms with Crippen molar-refractivity contribution in [3.8, 4) is 5.75 Å². The molecule has 2 aliphatic rings. The monoisotopic (exact) mass is 484 g/mol. The molecular formula is C29H41FN2O3. The highest BCUT2D eigenvalue weighted by atomic mass is 19.1. The van der Waals surface area contributed by atoms with Crippen LogP contribution in [0.1, 0.15) is 82.4 Å². The molecule has 2 heterocycles. The number of benzene rings is 1. The smallest absolute Gasteiger partial charge is 0.303 e. The van der Waals surface area contributed by atoms with Gasteiger partial charge in [0.2, 0.25) is 0 Å². The van der Waals surface area contributed by atoms with Crippen LogP contribution in [0.25, 0.3) is 10.9 Å². The number of pyridine rings is 1. The molecule has 6 heteroatoms. The summed E-state index contributed by atoms with van der Waals surface area (Å²) < 4.78 is 20.9. The molecule has 2 aromatic rings. The number of carboxylic acids is 1. The Hall–Kier alpha value is -2.21. The number of hydrogen-bond donors (Lipinski definition) is 1. The van der Waals surface area contributed by atoms with E-state index in [9.17, 15) is 9.90 Å². The summed E-state index contributed by atoms with van der Waals surface area (Å²) in [4.78, 5) is 18.2. The summed E-state index contributed by atoms with van der Waals surface area (Å²) in [7, 11) is 1.61. The van der Waals surface area contributed by atoms with Crippen molar-refractivity contribution in [2.24, 2.45) is 17.8 Å². The molecule has 1 unspecified atom stereocenters. The normalized spacial score (nSPS) is 22.8. The number of methoxy groups -OCH3 is 1. The van der Waals surface area contributed by atoms with Crippen LogP contribution in [0.2, 0.25) is 0 Å². The van der Waals surface area contributed by atoms with Gasteiger partial charge in [-0.05, 0) is 92.8 Å². The molecule has 1 aromatic carbocycles. The van der Waals surface area contributed by atoms with Crippen LogP contribution in [0.5, 0.6) is 5.75 Å². The molecule has 0 radical (unpaired) electrons. The van der Waals surface area contributed by atoms with E-state index in [1.165, 1.54) is 38.5 Å². The second-order valence-corrected chi connectivity index (χ2v) is 10.7. The fourth-order valence-corrected chi connectivity index (χ4v) is 6.28. The van der Waals surface area contributed by atoms with Crippen LogP contribution >= 0.6 is 0 Å². The number of alkyl halides is 1. The third kappa shape index (κ3) is 7.16. The van der Waals surface area contributed by atoms with Gasteiger partial charge in [0.25, 0.3) is 0 Å². The molecule has 1 aliphatic heterocycles. The number of aromatic nitrogens is 1. The second-order valence-electron chi connectivity index (χ2n) is 10.7. The molecule has 3 atom stereocenters. The van der Waals surface area contributed by atoms with E-state index >= 15 is 4.39 Å². The Balaban J connectivity index is 1.36. The number of ether oxygens (including phenoxy) is 1. The van der Waals surface area contributed by atoms with Crippen LogP contribution in [0.3, 0.4) is 0 Å². The molecule has 192 valence electrons. The van der Waals surface area contributed by atoms with E-state index in [0.717, 1.165) is 49.3 Å². The summed E-state index contributed by atoms with van der Waals surface area (Å²) >= 11 is 0. The van der Waals surface area contributed by atoms with Gasteiger partial charge in [-0.15, -0.1) is 0 Å². The highest BCUT2D eigenvalue weighted by Gasteiger charge is 2.30. The highest BCUT2D eigenvalue weighted by molar-refractivity contribution is 5.83. The Kier molecular flexibility index (Phi) is 9.36. The zero-order valence-electron chi connectivity index (χ0n) is 21.1. The average molecular weight is 485 g/mol. The second kappa shape index (κ2) is 12.7. The predicted molar refractivity (Wildman–Crippen MR) is 137 cm³/mol. The first-order chi connectivity index (χ1) is 17.0. The number of halogens is 1. The van der Waals surface area contributed by atoms with Crippen LogP contribution in [0.15, 0.2) is 30.5 Å². The predicted octanol–water partition coefficient (Wildman–Crippen LogP) is 6.81. The molecule has 4 rings (SSSR count). The van der Waals surface area contributed by atoms with E-state index in [0.29, 0.717) is 36.0 Å². The van der Waals surface area contributed by atoms with E-state index in [2.05, 4.69) is 9.88 Å². The lowest BCUT2D eigenvalue weighted by Gasteiger charge is -2.39. The molecule has 1 saturated heterocycles. The Labute approximate surface area is 209 Å². The lowest BCUT2D eigenvalue weighted by Crippen LogP contribution is -2.41. The molecule has 0 amide bonds. The Morgan fingerprint density at radius 3 is 2.74 bits per heavy atom. The van der Waals surface area contributed by atoms with Gasteiger partial charge in [0.1, 0.15) is 11.9 Å². The van der Waals surface area contributed by atoms with Gasteiger partial charge in [0.15, 0.2) is 0 Å². The molecule has 5 nitrogen and oxygen atoms in total. The number of carboxylic acid groups (broad SMARTS) is 1. The minimum atomic E-state index is -1.07. The maximum absolute atomic E-state index is 15.5. The Bertz CT molecular complexity index is 962. The van der Waals surface area contributed by atoms with Crippen molar-refractivity contribution in [3.63, 3.8) is 0 Å². The summed E-state index contributed by atoms with van der Waals surface area (Å²) in [5, 5.41) is 10.1. The largest absolute Gasteiger partial charge is 0.497 e. The van der Waals surface area contributed by atoms with Crippen molar-refractivity contribution in [2.45, 2.75) is 76.8 Å². The zero-order chi connectivity index (χ0) is 24.6. The summed E-state index contributed by atoms with van der Waals surface area (Å²) in [6.45, 7) is 3.13. The number of hydrogen-bond acceptors (Lipinski definition) is 4. The molecule has 1 aromatic heterocycles. The number of nitrogens with zero attached hydrogens (tertiary/aromatic N) is 2. The van der Waals surface area contributed by atoms with Crippen molar-refractivity contribution >= 4 is 16.9 Å². The number of likely N-dealkylation sites (tertiary alicyclic amines) is 1. The van der Waals surface area contributed by atoms with Gasteiger partial charge < -0.3 is 14.7 Å². The third-order valence-corrected chi connectivity index (χ3v) is 8.39. The fraction of sp³-hybridized carbons (Fsp3) is 0.655. The van der Waals surface area contributed by atoms with Crippen LogP contribution in [-0.4, -0.2) is 47.7 Å². The van der Waals surface area contributed by atoms with E-state index in [-0.39, 0.29) is 6.42 Å². The molecular weight excluding hydrogens is 443 g/mol. The van der Waals surface area contributed by atoms with Gasteiger partial charge in [0.05, 0.1) is 12.6 Å². The van der Waals surface area contributed by atoms with Gasteiger partial charge in [-0.3, -0.25) is 9.78 Å². The van der Waals surface area contributed by atoms with E-state index in [4.69, 9.17) is 4.74 Å². The van der Waals surface area contributed by atoms with Gasteiger partial charge in [-0.1, -0.05) is 32.1 Å². The topological polar surface area (TPSA) is 62.7 Å². The van der Waals surface area contributed by atoms with Crippen molar-refractivity contribution < 1.29 is 19.0 Å². The van der Waals surface area contributed by atoms with Gasteiger partial charge >= 0.3 is 5.97 Å². The quantitative estimate of drug-likeness (QED) is 0.380. The van der Waals surface area contributed by atoms with Crippen LogP contribution in [-0.2, 0) is 4.79 Å². The summed E-state index contributed by atoms with van der Waals surface area (Å²) in [5.74, 6) is 1.53. The molecule has 0 bridgehead atoms. The molecule has 1 aliphatic carbocycles. The van der Waals surface area contributed by atoms with E-state index in [1.807, 2.05) is 18.2 Å². The Morgan fingerprint density at radius 1 is 1.14 bits per heavy atom. The van der Waals surface area contributed by atoms with Crippen LogP contribution in [0, 0.1) is 17.8 Å². The number of fused-ring (bicyclic) bond motifs is 1. The number of aliphatic carboxylic acids is 1. The van der Waals surface area contributed by atoms with Crippen molar-refractivity contribution in [2.75, 3.05) is 26.7 Å². The van der Waals surface area contributed by atoms with Gasteiger partial charge in [0, 0.05) is 24.5 Å². The van der Waals surface area contributed by atoms with Gasteiger partial charge in [-0.25, -0.2) is 4.39 Å². The number of rotatable bonds is 11. The standard InChI is InChI=1S/C29H41FN2O3/c1-35-24-9-11-28-26(19-24)25(13-16-31-28)27(30)10-7-22-15-18-32(20-23(22)8-12-29(33)34)17-14-21-5-3-2-4-6-21/h9,11,13,16,19,21-23,27H,2-8,10,12,14-15,17-18,20H2,1H3,(H,33,34)/t22-,23+,27?/m1/s1. The first-order valence-corrected chi connectivity index (χ1v) is 13.5. The number of piperidine rings is 1. The lowest BCUT2D eigenvalue weighted by atomic mass is 9.78. The SMILES string of the molecule is COc1ccc2nccc(C(F)CC[C@@H]3CCN(CCC4CCCCC4)C[C@@H]3CCC(=O)O)c2c1. The summed E-state index contributed by atoms with van der Waals surface area (Å²) in [5.41, 5.74) is 1.44. The minimum Gasteiger partial charge on any atom is -0.497 e. The lowest BCUT2D eigenvalue weighted by molar-refractivity contribution is -0.137. The van der Waals surface area contributed by atoms with Crippen LogP contribution < -0.4 is 4.74 Å². The zero-order valence-corrected chi connectivity index (χ0v) is 21.1. The Morgan fingerprint density at radius 2 is 1.97 bits per heavy atom. The minimum absolute atomic E-state index is 0.200. The van der Waals surface area contributed by atoms with E-state index < -0.39 is 12.1 Å². The van der Waals surface area contributed by atoms with Crippen LogP contribution in [0.4, 0.5) is 4.39 Å². The van der Waals surface area contributed by atoms with Crippen molar-refractivity contribution in [3.05, 3.63) is 36.0 Å². The highest BCUT2D eigenvalue weighted by Crippen LogP contribution is 2.37.